The van der Waals surface area contributed by atoms with Gasteiger partial charge in [-0.2, -0.15) is 23.3 Å². The zero-order valence-electron chi connectivity index (χ0n) is 31.9. The van der Waals surface area contributed by atoms with E-state index in [0.29, 0.717) is 41.2 Å². The molecule has 15 nitrogen and oxygen atoms in total. The average Bonchev–Trinajstić information content (AvgIpc) is 3.72. The summed E-state index contributed by atoms with van der Waals surface area (Å²) in [6, 6.07) is 10.9. The van der Waals surface area contributed by atoms with Gasteiger partial charge in [0.1, 0.15) is 11.4 Å². The van der Waals surface area contributed by atoms with Crippen LogP contribution in [0.2, 0.25) is 0 Å². The molecule has 0 bridgehead atoms. The predicted molar refractivity (Wildman–Crippen MR) is 204 cm³/mol. The Bertz CT molecular complexity index is 2320. The number of amides is 6. The van der Waals surface area contributed by atoms with Crippen molar-refractivity contribution in [1.29, 1.82) is 0 Å². The second-order valence-corrected chi connectivity index (χ2v) is 15.8. The number of aromatic nitrogens is 3. The summed E-state index contributed by atoms with van der Waals surface area (Å²) in [6.45, 7) is 7.07. The number of carbonyl (C=O) groups is 5. The summed E-state index contributed by atoms with van der Waals surface area (Å²) < 4.78 is 41.7. The van der Waals surface area contributed by atoms with Crippen molar-refractivity contribution in [2.45, 2.75) is 63.8 Å². The minimum Gasteiger partial charge on any atom is -0.386 e. The first-order chi connectivity index (χ1) is 27.5. The fraction of sp³-hybridized carbons (Fsp3) is 0.425. The van der Waals surface area contributed by atoms with Gasteiger partial charge in [0.05, 0.1) is 40.5 Å². The van der Waals surface area contributed by atoms with E-state index in [1.165, 1.54) is 6.07 Å². The number of anilines is 2. The number of nitrogens with one attached hydrogen (secondary N) is 2. The molecular formula is C40H42F3N9O6. The minimum atomic E-state index is -4.71. The van der Waals surface area contributed by atoms with Crippen LogP contribution in [0, 0.1) is 5.92 Å². The molecule has 3 fully saturated rings. The van der Waals surface area contributed by atoms with Crippen LogP contribution < -0.4 is 15.5 Å². The van der Waals surface area contributed by atoms with Crippen LogP contribution in [0.4, 0.5) is 29.3 Å². The van der Waals surface area contributed by atoms with Gasteiger partial charge >= 0.3 is 12.2 Å². The molecule has 0 aliphatic carbocycles. The molecular weight excluding hydrogens is 759 g/mol. The van der Waals surface area contributed by atoms with Gasteiger partial charge in [0, 0.05) is 62.0 Å². The highest BCUT2D eigenvalue weighted by Gasteiger charge is 2.45. The van der Waals surface area contributed by atoms with Crippen LogP contribution in [0.15, 0.2) is 54.7 Å². The van der Waals surface area contributed by atoms with Crippen molar-refractivity contribution in [3.05, 3.63) is 82.8 Å². The lowest BCUT2D eigenvalue weighted by Crippen LogP contribution is -2.58. The molecule has 0 unspecified atom stereocenters. The number of hydrogen-bond donors (Lipinski definition) is 3. The Hall–Kier alpha value is -5.88. The molecule has 58 heavy (non-hydrogen) atoms. The van der Waals surface area contributed by atoms with Gasteiger partial charge in [0.15, 0.2) is 0 Å². The number of likely N-dealkylation sites (tertiary alicyclic amines) is 1. The van der Waals surface area contributed by atoms with Crippen LogP contribution in [0.3, 0.4) is 0 Å². The summed E-state index contributed by atoms with van der Waals surface area (Å²) >= 11 is 0. The van der Waals surface area contributed by atoms with Gasteiger partial charge in [-0.1, -0.05) is 12.1 Å². The van der Waals surface area contributed by atoms with E-state index < -0.39 is 52.8 Å². The second kappa shape index (κ2) is 14.8. The molecule has 4 aromatic rings. The van der Waals surface area contributed by atoms with Crippen molar-refractivity contribution < 1.29 is 42.3 Å². The van der Waals surface area contributed by atoms with E-state index >= 15 is 0 Å². The lowest BCUT2D eigenvalue weighted by Gasteiger charge is -2.38. The van der Waals surface area contributed by atoms with Crippen LogP contribution in [-0.2, 0) is 16.6 Å². The molecule has 6 amide bonds. The van der Waals surface area contributed by atoms with Crippen molar-refractivity contribution in [2.24, 2.45) is 5.92 Å². The largest absolute Gasteiger partial charge is 0.433 e. The number of urea groups is 1. The van der Waals surface area contributed by atoms with E-state index in [4.69, 9.17) is 5.10 Å². The van der Waals surface area contributed by atoms with E-state index in [1.807, 2.05) is 16.9 Å². The molecule has 3 N–H and O–H groups in total. The fourth-order valence-electron chi connectivity index (χ4n) is 8.37. The first-order valence-electron chi connectivity index (χ1n) is 19.3. The zero-order chi connectivity index (χ0) is 41.1. The Balaban J connectivity index is 0.881. The van der Waals surface area contributed by atoms with Gasteiger partial charge in [0.2, 0.25) is 5.91 Å². The maximum absolute atomic E-state index is 13.6. The third-order valence-corrected chi connectivity index (χ3v) is 11.4. The number of benzene rings is 2. The van der Waals surface area contributed by atoms with Crippen LogP contribution in [0.1, 0.15) is 94.5 Å². The zero-order valence-corrected chi connectivity index (χ0v) is 31.9. The highest BCUT2D eigenvalue weighted by Crippen LogP contribution is 2.37. The monoisotopic (exact) mass is 801 g/mol. The van der Waals surface area contributed by atoms with Crippen LogP contribution >= 0.6 is 0 Å². The van der Waals surface area contributed by atoms with Crippen molar-refractivity contribution in [3.63, 3.8) is 0 Å². The molecule has 2 aromatic heterocycles. The Morgan fingerprint density at radius 1 is 0.931 bits per heavy atom. The quantitative estimate of drug-likeness (QED) is 0.207. The predicted octanol–water partition coefficient (Wildman–Crippen LogP) is 4.94. The molecule has 0 spiro atoms. The average molecular weight is 802 g/mol. The molecule has 18 heteroatoms. The normalized spacial score (nSPS) is 19.0. The smallest absolute Gasteiger partial charge is 0.386 e. The Labute approximate surface area is 330 Å². The van der Waals surface area contributed by atoms with E-state index in [1.54, 1.807) is 38.1 Å². The second-order valence-electron chi connectivity index (χ2n) is 15.8. The molecule has 8 rings (SSSR count). The first-order valence-corrected chi connectivity index (χ1v) is 19.3. The molecule has 2 aromatic carbocycles. The number of aliphatic hydroxyl groups is 1. The number of fused-ring (bicyclic) bond motifs is 2. The number of hydrogen-bond acceptors (Lipinski definition) is 10. The topological polar surface area (TPSA) is 173 Å². The van der Waals surface area contributed by atoms with Gasteiger partial charge < -0.3 is 20.2 Å². The SMILES string of the molecule is CC(C)(O)c1cc2nn(C3CCN(CC4CCN(c5cccc6c5C(=O)N(N5CCC(=O)NC5=O)C6=O)CC4)CC3)cc2cc1NC(=O)c1cccc(C(F)(F)F)n1. The highest BCUT2D eigenvalue weighted by atomic mass is 19.4. The summed E-state index contributed by atoms with van der Waals surface area (Å²) in [5.41, 5.74) is -0.611. The summed E-state index contributed by atoms with van der Waals surface area (Å²) in [7, 11) is 0. The van der Waals surface area contributed by atoms with Gasteiger partial charge in [-0.15, -0.1) is 0 Å². The standard InChI is InChI=1S/C40H42F3N9O6/c1-39(2,58)27-20-29-24(19-30(27)45-35(54)28-6-4-8-32(44-28)40(41,42)43)22-50(47-29)25-11-14-48(15-12-25)21-23-9-16-49(17-10-23)31-7-3-5-26-34(31)37(56)52(36(26)55)51-18-13-33(53)46-38(51)57/h3-8,19-20,22-23,25,58H,9-18,21H2,1-2H3,(H,45,54)(H,46,53,57). The maximum atomic E-state index is 13.6. The summed E-state index contributed by atoms with van der Waals surface area (Å²) in [4.78, 5) is 72.2. The number of piperidine rings is 2. The number of alkyl halides is 3. The van der Waals surface area contributed by atoms with Gasteiger partial charge in [0.25, 0.3) is 17.7 Å². The first kappa shape index (κ1) is 39.0. The third-order valence-electron chi connectivity index (χ3n) is 11.4. The van der Waals surface area contributed by atoms with Crippen molar-refractivity contribution >= 4 is 51.9 Å². The molecule has 4 aliphatic heterocycles. The van der Waals surface area contributed by atoms with Gasteiger partial charge in [-0.25, -0.2) is 14.8 Å². The van der Waals surface area contributed by atoms with E-state index in [9.17, 15) is 42.3 Å². The van der Waals surface area contributed by atoms with Crippen molar-refractivity contribution in [3.8, 4) is 0 Å². The minimum absolute atomic E-state index is 0.0108. The lowest BCUT2D eigenvalue weighted by molar-refractivity contribution is -0.141. The molecule has 6 heterocycles. The Morgan fingerprint density at radius 2 is 1.66 bits per heavy atom. The lowest BCUT2D eigenvalue weighted by atomic mass is 9.93. The highest BCUT2D eigenvalue weighted by molar-refractivity contribution is 6.24. The summed E-state index contributed by atoms with van der Waals surface area (Å²) in [5, 5.41) is 23.2. The number of imide groups is 2. The molecule has 0 saturated carbocycles. The van der Waals surface area contributed by atoms with E-state index in [0.717, 1.165) is 67.5 Å². The molecule has 304 valence electrons. The van der Waals surface area contributed by atoms with Crippen LogP contribution in [0.25, 0.3) is 10.9 Å². The molecule has 3 saturated heterocycles. The van der Waals surface area contributed by atoms with Gasteiger partial charge in [-0.3, -0.25) is 29.2 Å². The van der Waals surface area contributed by atoms with Crippen molar-refractivity contribution in [1.82, 2.24) is 35.0 Å². The molecule has 0 radical (unpaired) electrons. The van der Waals surface area contributed by atoms with Crippen LogP contribution in [0.5, 0.6) is 0 Å². The van der Waals surface area contributed by atoms with Gasteiger partial charge in [-0.05, 0) is 81.8 Å². The molecule has 0 atom stereocenters. The number of rotatable bonds is 8. The summed E-state index contributed by atoms with van der Waals surface area (Å²) in [5.74, 6) is -2.03. The fourth-order valence-corrected chi connectivity index (χ4v) is 8.37. The van der Waals surface area contributed by atoms with Crippen molar-refractivity contribution in [2.75, 3.05) is 49.5 Å². The van der Waals surface area contributed by atoms with Crippen LogP contribution in [-0.4, -0.2) is 104 Å². The number of nitrogens with zero attached hydrogens (tertiary/aromatic N) is 7. The number of pyridine rings is 1. The Kier molecular flexibility index (Phi) is 9.95. The summed E-state index contributed by atoms with van der Waals surface area (Å²) in [6.07, 6.45) is 0.649. The van der Waals surface area contributed by atoms with E-state index in [2.05, 4.69) is 25.4 Å². The number of hydrazine groups is 1. The number of carbonyl (C=O) groups excluding carboxylic acids is 5. The molecule has 4 aliphatic rings. The van der Waals surface area contributed by atoms with E-state index in [-0.39, 0.29) is 35.8 Å². The third kappa shape index (κ3) is 7.48. The Morgan fingerprint density at radius 3 is 2.34 bits per heavy atom. The maximum Gasteiger partial charge on any atom is 0.433 e. The number of halogens is 3.